The Labute approximate surface area is 140 Å². The third kappa shape index (κ3) is 2.54. The lowest BCUT2D eigenvalue weighted by atomic mass is 9.87. The smallest absolute Gasteiger partial charge is 0.262 e. The molecular formula is C17H20N6O. The summed E-state index contributed by atoms with van der Waals surface area (Å²) in [6.45, 7) is 6.23. The van der Waals surface area contributed by atoms with Crippen LogP contribution in [0.3, 0.4) is 0 Å². The van der Waals surface area contributed by atoms with Crippen molar-refractivity contribution in [2.24, 2.45) is 5.41 Å². The van der Waals surface area contributed by atoms with E-state index in [1.54, 1.807) is 23.4 Å². The van der Waals surface area contributed by atoms with Crippen LogP contribution in [0.5, 0.6) is 0 Å². The van der Waals surface area contributed by atoms with Crippen molar-refractivity contribution in [2.75, 3.05) is 11.4 Å². The number of amides is 1. The van der Waals surface area contributed by atoms with Gasteiger partial charge in [0, 0.05) is 18.2 Å². The Hall–Kier alpha value is -2.75. The van der Waals surface area contributed by atoms with Crippen molar-refractivity contribution < 1.29 is 4.79 Å². The van der Waals surface area contributed by atoms with Crippen LogP contribution in [-0.4, -0.2) is 32.8 Å². The van der Waals surface area contributed by atoms with Gasteiger partial charge in [0.25, 0.3) is 5.91 Å². The molecule has 7 nitrogen and oxygen atoms in total. The van der Waals surface area contributed by atoms with E-state index in [0.29, 0.717) is 23.5 Å². The summed E-state index contributed by atoms with van der Waals surface area (Å²) in [5.41, 5.74) is 2.26. The number of anilines is 1. The van der Waals surface area contributed by atoms with E-state index in [4.69, 9.17) is 0 Å². The number of carbonyl (C=O) groups excluding carboxylic acids is 1. The molecule has 1 saturated carbocycles. The lowest BCUT2D eigenvalue weighted by molar-refractivity contribution is 0.0986. The SMILES string of the molecule is CCN(C(=O)c1c(C(C)C2(C#N)CC2)n[nH]c1C)c1ccnnc1. The second-order valence-corrected chi connectivity index (χ2v) is 6.25. The Balaban J connectivity index is 1.99. The number of aromatic nitrogens is 4. The number of aryl methyl sites for hydroxylation is 1. The largest absolute Gasteiger partial charge is 0.307 e. The quantitative estimate of drug-likeness (QED) is 0.911. The monoisotopic (exact) mass is 324 g/mol. The van der Waals surface area contributed by atoms with Crippen LogP contribution in [-0.2, 0) is 0 Å². The molecule has 24 heavy (non-hydrogen) atoms. The zero-order valence-electron chi connectivity index (χ0n) is 14.1. The maximum Gasteiger partial charge on any atom is 0.262 e. The summed E-state index contributed by atoms with van der Waals surface area (Å²) in [4.78, 5) is 14.8. The molecule has 124 valence electrons. The maximum atomic E-state index is 13.2. The Kier molecular flexibility index (Phi) is 4.06. The highest BCUT2D eigenvalue weighted by Gasteiger charge is 2.50. The Bertz CT molecular complexity index is 787. The van der Waals surface area contributed by atoms with Crippen LogP contribution < -0.4 is 4.90 Å². The first-order valence-corrected chi connectivity index (χ1v) is 8.08. The molecule has 2 aromatic rings. The van der Waals surface area contributed by atoms with Gasteiger partial charge >= 0.3 is 0 Å². The van der Waals surface area contributed by atoms with Gasteiger partial charge in [0.1, 0.15) is 0 Å². The number of carbonyl (C=O) groups is 1. The lowest BCUT2D eigenvalue weighted by Crippen LogP contribution is -2.32. The molecule has 0 aromatic carbocycles. The van der Waals surface area contributed by atoms with Gasteiger partial charge in [-0.25, -0.2) is 0 Å². The topological polar surface area (TPSA) is 98.6 Å². The van der Waals surface area contributed by atoms with Crippen LogP contribution in [0, 0.1) is 23.7 Å². The number of hydrogen-bond acceptors (Lipinski definition) is 5. The molecule has 2 aromatic heterocycles. The van der Waals surface area contributed by atoms with Crippen molar-refractivity contribution in [3.05, 3.63) is 35.4 Å². The van der Waals surface area contributed by atoms with Crippen LogP contribution in [0.15, 0.2) is 18.5 Å². The van der Waals surface area contributed by atoms with Gasteiger partial charge in [0.2, 0.25) is 0 Å². The molecule has 0 bridgehead atoms. The summed E-state index contributed by atoms with van der Waals surface area (Å²) >= 11 is 0. The van der Waals surface area contributed by atoms with E-state index in [1.165, 1.54) is 0 Å². The zero-order valence-corrected chi connectivity index (χ0v) is 14.1. The number of aromatic amines is 1. The van der Waals surface area contributed by atoms with E-state index in [0.717, 1.165) is 18.5 Å². The van der Waals surface area contributed by atoms with Gasteiger partial charge in [-0.05, 0) is 32.8 Å². The summed E-state index contributed by atoms with van der Waals surface area (Å²) in [7, 11) is 0. The third-order valence-electron chi connectivity index (χ3n) is 4.88. The molecule has 7 heteroatoms. The van der Waals surface area contributed by atoms with Crippen LogP contribution in [0.2, 0.25) is 0 Å². The molecule has 0 saturated heterocycles. The Morgan fingerprint density at radius 1 is 1.50 bits per heavy atom. The van der Waals surface area contributed by atoms with E-state index in [-0.39, 0.29) is 17.2 Å². The van der Waals surface area contributed by atoms with Gasteiger partial charge in [-0.1, -0.05) is 6.92 Å². The van der Waals surface area contributed by atoms with Gasteiger partial charge in [0.15, 0.2) is 0 Å². The van der Waals surface area contributed by atoms with Gasteiger partial charge in [-0.15, -0.1) is 0 Å². The Morgan fingerprint density at radius 2 is 2.25 bits per heavy atom. The molecule has 1 amide bonds. The summed E-state index contributed by atoms with van der Waals surface area (Å²) in [6.07, 6.45) is 4.84. The number of H-pyrrole nitrogens is 1. The fourth-order valence-corrected chi connectivity index (χ4v) is 3.09. The predicted octanol–water partition coefficient (Wildman–Crippen LogP) is 2.58. The third-order valence-corrected chi connectivity index (χ3v) is 4.88. The maximum absolute atomic E-state index is 13.2. The molecule has 1 aliphatic rings. The van der Waals surface area contributed by atoms with Crippen molar-refractivity contribution in [2.45, 2.75) is 39.5 Å². The molecule has 1 atom stereocenters. The van der Waals surface area contributed by atoms with Crippen LogP contribution in [0.4, 0.5) is 5.69 Å². The highest BCUT2D eigenvalue weighted by Crippen LogP contribution is 2.55. The highest BCUT2D eigenvalue weighted by molar-refractivity contribution is 6.07. The Morgan fingerprint density at radius 3 is 2.79 bits per heavy atom. The predicted molar refractivity (Wildman–Crippen MR) is 88.4 cm³/mol. The number of hydrogen-bond donors (Lipinski definition) is 1. The molecule has 1 unspecified atom stereocenters. The van der Waals surface area contributed by atoms with E-state index in [9.17, 15) is 10.1 Å². The van der Waals surface area contributed by atoms with Gasteiger partial charge < -0.3 is 4.90 Å². The number of nitrogens with one attached hydrogen (secondary N) is 1. The summed E-state index contributed by atoms with van der Waals surface area (Å²) in [6, 6.07) is 4.16. The second-order valence-electron chi connectivity index (χ2n) is 6.25. The average Bonchev–Trinajstić information content (AvgIpc) is 3.32. The van der Waals surface area contributed by atoms with E-state index >= 15 is 0 Å². The number of rotatable bonds is 5. The number of nitriles is 1. The first-order chi connectivity index (χ1) is 11.5. The standard InChI is InChI=1S/C17H20N6O/c1-4-23(13-5-8-19-20-9-13)16(24)14-12(3)21-22-15(14)11(2)17(10-18)6-7-17/h5,8-9,11H,4,6-7H2,1-3H3,(H,21,22). The van der Waals surface area contributed by atoms with Crippen LogP contribution in [0.25, 0.3) is 0 Å². The minimum absolute atomic E-state index is 0.0827. The number of nitrogens with zero attached hydrogens (tertiary/aromatic N) is 5. The van der Waals surface area contributed by atoms with Gasteiger partial charge in [-0.2, -0.15) is 20.6 Å². The molecule has 3 rings (SSSR count). The summed E-state index contributed by atoms with van der Waals surface area (Å²) in [5.74, 6) is -0.215. The average molecular weight is 324 g/mol. The first kappa shape index (κ1) is 16.1. The van der Waals surface area contributed by atoms with E-state index in [2.05, 4.69) is 26.5 Å². The highest BCUT2D eigenvalue weighted by atomic mass is 16.2. The minimum Gasteiger partial charge on any atom is -0.307 e. The molecule has 0 aliphatic heterocycles. The van der Waals surface area contributed by atoms with Crippen LogP contribution >= 0.6 is 0 Å². The van der Waals surface area contributed by atoms with E-state index < -0.39 is 0 Å². The molecule has 1 aliphatic carbocycles. The molecular weight excluding hydrogens is 304 g/mol. The summed E-state index contributed by atoms with van der Waals surface area (Å²) < 4.78 is 0. The molecule has 0 spiro atoms. The fraction of sp³-hybridized carbons (Fsp3) is 0.471. The second kappa shape index (κ2) is 6.04. The lowest BCUT2D eigenvalue weighted by Gasteiger charge is -2.22. The minimum atomic E-state index is -0.383. The zero-order chi connectivity index (χ0) is 17.3. The molecule has 0 radical (unpaired) electrons. The normalized spacial score (nSPS) is 16.2. The van der Waals surface area contributed by atoms with Crippen molar-refractivity contribution in [3.8, 4) is 6.07 Å². The molecule has 1 N–H and O–H groups in total. The first-order valence-electron chi connectivity index (χ1n) is 8.08. The van der Waals surface area contributed by atoms with E-state index in [1.807, 2.05) is 20.8 Å². The van der Waals surface area contributed by atoms with Crippen molar-refractivity contribution >= 4 is 11.6 Å². The van der Waals surface area contributed by atoms with Crippen molar-refractivity contribution in [1.29, 1.82) is 5.26 Å². The van der Waals surface area contributed by atoms with Crippen molar-refractivity contribution in [1.82, 2.24) is 20.4 Å². The molecule has 1 fully saturated rings. The fourth-order valence-electron chi connectivity index (χ4n) is 3.09. The molecule has 2 heterocycles. The van der Waals surface area contributed by atoms with Crippen LogP contribution in [0.1, 0.15) is 54.4 Å². The van der Waals surface area contributed by atoms with Gasteiger partial charge in [-0.3, -0.25) is 9.89 Å². The summed E-state index contributed by atoms with van der Waals surface area (Å²) in [5, 5.41) is 24.3. The van der Waals surface area contributed by atoms with Gasteiger partial charge in [0.05, 0.1) is 40.8 Å². The van der Waals surface area contributed by atoms with Crippen molar-refractivity contribution in [3.63, 3.8) is 0 Å².